The fraction of sp³-hybridized carbons (Fsp3) is 0.500. The molecule has 0 spiro atoms. The molecule has 1 nitrogen and oxygen atoms in total. The van der Waals surface area contributed by atoms with Crippen molar-refractivity contribution in [2.45, 2.75) is 37.3 Å². The third-order valence-electron chi connectivity index (χ3n) is 4.81. The maximum Gasteiger partial charge on any atom is 0.0146 e. The van der Waals surface area contributed by atoms with Crippen molar-refractivity contribution in [3.8, 4) is 0 Å². The second-order valence-electron chi connectivity index (χ2n) is 5.87. The summed E-state index contributed by atoms with van der Waals surface area (Å²) in [6, 6.07) is 12.5. The Morgan fingerprint density at radius 2 is 1.88 bits per heavy atom. The highest BCUT2D eigenvalue weighted by molar-refractivity contribution is 5.28. The first-order valence-corrected chi connectivity index (χ1v) is 6.89. The molecule has 1 heteroatoms. The van der Waals surface area contributed by atoms with Crippen LogP contribution in [0.4, 0.5) is 0 Å². The van der Waals surface area contributed by atoms with Crippen molar-refractivity contribution >= 4 is 0 Å². The Balaban J connectivity index is 1.36. The van der Waals surface area contributed by atoms with Crippen LogP contribution in [0.3, 0.4) is 0 Å². The fourth-order valence-electron chi connectivity index (χ4n) is 3.63. The van der Waals surface area contributed by atoms with Crippen LogP contribution >= 0.6 is 0 Å². The van der Waals surface area contributed by atoms with Crippen molar-refractivity contribution in [1.29, 1.82) is 0 Å². The Labute approximate surface area is 103 Å². The van der Waals surface area contributed by atoms with Crippen LogP contribution in [0.1, 0.15) is 30.7 Å². The van der Waals surface area contributed by atoms with Crippen LogP contribution in [-0.4, -0.2) is 12.1 Å². The van der Waals surface area contributed by atoms with Gasteiger partial charge in [0, 0.05) is 18.0 Å². The van der Waals surface area contributed by atoms with E-state index < -0.39 is 0 Å². The second-order valence-corrected chi connectivity index (χ2v) is 5.87. The minimum Gasteiger partial charge on any atom is -0.310 e. The van der Waals surface area contributed by atoms with Gasteiger partial charge in [-0.25, -0.2) is 0 Å². The van der Waals surface area contributed by atoms with E-state index in [-0.39, 0.29) is 0 Å². The van der Waals surface area contributed by atoms with Gasteiger partial charge in [0.1, 0.15) is 0 Å². The Kier molecular flexibility index (Phi) is 2.16. The molecule has 2 fully saturated rings. The molecule has 1 aromatic rings. The van der Waals surface area contributed by atoms with E-state index in [0.717, 1.165) is 29.8 Å². The lowest BCUT2D eigenvalue weighted by atomic mass is 9.71. The Bertz CT molecular complexity index is 436. The zero-order valence-electron chi connectivity index (χ0n) is 10.0. The lowest BCUT2D eigenvalue weighted by Crippen LogP contribution is -2.49. The first-order valence-electron chi connectivity index (χ1n) is 6.89. The molecule has 0 heterocycles. The van der Waals surface area contributed by atoms with E-state index in [4.69, 9.17) is 0 Å². The van der Waals surface area contributed by atoms with Crippen LogP contribution < -0.4 is 5.32 Å². The molecule has 5 unspecified atom stereocenters. The van der Waals surface area contributed by atoms with Gasteiger partial charge >= 0.3 is 0 Å². The largest absolute Gasteiger partial charge is 0.310 e. The average molecular weight is 225 g/mol. The monoisotopic (exact) mass is 225 g/mol. The normalized spacial score (nSPS) is 42.0. The molecule has 0 aromatic heterocycles. The van der Waals surface area contributed by atoms with Crippen molar-refractivity contribution in [2.24, 2.45) is 11.8 Å². The van der Waals surface area contributed by atoms with Gasteiger partial charge in [-0.15, -0.1) is 0 Å². The average Bonchev–Trinajstić information content (AvgIpc) is 3.03. The smallest absolute Gasteiger partial charge is 0.0146 e. The Morgan fingerprint density at radius 3 is 2.71 bits per heavy atom. The van der Waals surface area contributed by atoms with Crippen LogP contribution in [0, 0.1) is 11.8 Å². The quantitative estimate of drug-likeness (QED) is 0.779. The van der Waals surface area contributed by atoms with Gasteiger partial charge in [0.15, 0.2) is 0 Å². The molecule has 2 saturated carbocycles. The number of fused-ring (bicyclic) bond motifs is 1. The Hall–Kier alpha value is -1.08. The highest BCUT2D eigenvalue weighted by Gasteiger charge is 2.46. The number of benzene rings is 1. The number of rotatable bonds is 3. The van der Waals surface area contributed by atoms with Gasteiger partial charge in [-0.05, 0) is 36.7 Å². The topological polar surface area (TPSA) is 12.0 Å². The molecule has 0 aliphatic heterocycles. The van der Waals surface area contributed by atoms with Crippen LogP contribution in [0.2, 0.25) is 0 Å². The van der Waals surface area contributed by atoms with Crippen LogP contribution in [0.25, 0.3) is 0 Å². The van der Waals surface area contributed by atoms with E-state index in [2.05, 4.69) is 47.8 Å². The van der Waals surface area contributed by atoms with E-state index in [1.165, 1.54) is 24.8 Å². The molecule has 5 atom stereocenters. The van der Waals surface area contributed by atoms with Crippen LogP contribution in [-0.2, 0) is 0 Å². The zero-order chi connectivity index (χ0) is 11.2. The summed E-state index contributed by atoms with van der Waals surface area (Å²) in [5.74, 6) is 2.61. The van der Waals surface area contributed by atoms with E-state index in [0.29, 0.717) is 0 Å². The van der Waals surface area contributed by atoms with Crippen molar-refractivity contribution in [1.82, 2.24) is 5.32 Å². The number of hydrogen-bond donors (Lipinski definition) is 1. The summed E-state index contributed by atoms with van der Waals surface area (Å²) in [6.07, 6.45) is 8.87. The SMILES string of the molecule is C1=CC2C(C1)CC2NC1CC1c1ccccc1. The van der Waals surface area contributed by atoms with Gasteiger partial charge in [0.2, 0.25) is 0 Å². The third-order valence-corrected chi connectivity index (χ3v) is 4.81. The fourth-order valence-corrected chi connectivity index (χ4v) is 3.63. The lowest BCUT2D eigenvalue weighted by Gasteiger charge is -2.41. The first-order chi connectivity index (χ1) is 8.42. The van der Waals surface area contributed by atoms with E-state index in [1.807, 2.05) is 0 Å². The molecule has 0 radical (unpaired) electrons. The summed E-state index contributed by atoms with van der Waals surface area (Å²) >= 11 is 0. The molecule has 0 amide bonds. The predicted molar refractivity (Wildman–Crippen MR) is 69.9 cm³/mol. The van der Waals surface area contributed by atoms with Crippen molar-refractivity contribution in [3.63, 3.8) is 0 Å². The van der Waals surface area contributed by atoms with Gasteiger partial charge < -0.3 is 5.32 Å². The van der Waals surface area contributed by atoms with Crippen LogP contribution in [0.15, 0.2) is 42.5 Å². The number of nitrogens with one attached hydrogen (secondary N) is 1. The molecule has 0 bridgehead atoms. The summed E-state index contributed by atoms with van der Waals surface area (Å²) in [4.78, 5) is 0. The summed E-state index contributed by atoms with van der Waals surface area (Å²) in [5, 5.41) is 3.86. The molecule has 17 heavy (non-hydrogen) atoms. The maximum absolute atomic E-state index is 3.86. The van der Waals surface area contributed by atoms with Crippen molar-refractivity contribution in [3.05, 3.63) is 48.0 Å². The van der Waals surface area contributed by atoms with Gasteiger partial charge in [0.25, 0.3) is 0 Å². The zero-order valence-corrected chi connectivity index (χ0v) is 10.0. The summed E-state index contributed by atoms with van der Waals surface area (Å²) in [5.41, 5.74) is 1.52. The van der Waals surface area contributed by atoms with Gasteiger partial charge in [-0.2, -0.15) is 0 Å². The molecular weight excluding hydrogens is 206 g/mol. The number of hydrogen-bond acceptors (Lipinski definition) is 1. The highest BCUT2D eigenvalue weighted by atomic mass is 15.0. The summed E-state index contributed by atoms with van der Waals surface area (Å²) in [7, 11) is 0. The van der Waals surface area contributed by atoms with Gasteiger partial charge in [-0.1, -0.05) is 42.5 Å². The van der Waals surface area contributed by atoms with E-state index in [9.17, 15) is 0 Å². The summed E-state index contributed by atoms with van der Waals surface area (Å²) in [6.45, 7) is 0. The van der Waals surface area contributed by atoms with Crippen molar-refractivity contribution in [2.75, 3.05) is 0 Å². The molecule has 4 rings (SSSR count). The molecule has 3 aliphatic rings. The Morgan fingerprint density at radius 1 is 1.00 bits per heavy atom. The van der Waals surface area contributed by atoms with E-state index >= 15 is 0 Å². The molecule has 88 valence electrons. The molecule has 3 aliphatic carbocycles. The minimum absolute atomic E-state index is 0.748. The molecular formula is C16H19N. The van der Waals surface area contributed by atoms with Crippen LogP contribution in [0.5, 0.6) is 0 Å². The number of allylic oxidation sites excluding steroid dienone is 1. The predicted octanol–water partition coefficient (Wildman–Crippen LogP) is 3.10. The van der Waals surface area contributed by atoms with Gasteiger partial charge in [-0.3, -0.25) is 0 Å². The molecule has 0 saturated heterocycles. The molecule has 1 aromatic carbocycles. The maximum atomic E-state index is 3.86. The first kappa shape index (κ1) is 9.90. The van der Waals surface area contributed by atoms with Crippen molar-refractivity contribution < 1.29 is 0 Å². The highest BCUT2D eigenvalue weighted by Crippen LogP contribution is 2.47. The third kappa shape index (κ3) is 1.64. The second kappa shape index (κ2) is 3.71. The minimum atomic E-state index is 0.748. The van der Waals surface area contributed by atoms with Gasteiger partial charge in [0.05, 0.1) is 0 Å². The lowest BCUT2D eigenvalue weighted by molar-refractivity contribution is 0.161. The molecule has 1 N–H and O–H groups in total. The van der Waals surface area contributed by atoms with E-state index in [1.54, 1.807) is 0 Å². The standard InChI is InChI=1S/C16H19N/c1-2-5-11(6-3-1)14-10-16(14)17-15-9-12-7-4-8-13(12)15/h1-6,8,12-17H,7,9-10H2. The summed E-state index contributed by atoms with van der Waals surface area (Å²) < 4.78 is 0.